The smallest absolute Gasteiger partial charge is 0.410 e. The van der Waals surface area contributed by atoms with Gasteiger partial charge >= 0.3 is 6.09 Å². The number of ether oxygens (including phenoxy) is 2. The molecule has 4 aromatic rings. The third kappa shape index (κ3) is 8.97. The normalized spacial score (nSPS) is 17.1. The Morgan fingerprint density at radius 1 is 1.04 bits per heavy atom. The van der Waals surface area contributed by atoms with E-state index in [0.29, 0.717) is 22.2 Å². The van der Waals surface area contributed by atoms with Crippen LogP contribution in [0.2, 0.25) is 0 Å². The fraction of sp³-hybridized carbons (Fsp3) is 0.429. The van der Waals surface area contributed by atoms with Gasteiger partial charge < -0.3 is 19.7 Å². The second-order valence-corrected chi connectivity index (χ2v) is 15.4. The largest absolute Gasteiger partial charge is 0.444 e. The summed E-state index contributed by atoms with van der Waals surface area (Å²) in [5.41, 5.74) is 0.487. The van der Waals surface area contributed by atoms with Gasteiger partial charge in [-0.3, -0.25) is 0 Å². The van der Waals surface area contributed by atoms with Gasteiger partial charge in [0, 0.05) is 48.8 Å². The zero-order chi connectivity index (χ0) is 36.4. The summed E-state index contributed by atoms with van der Waals surface area (Å²) in [6.07, 6.45) is 0.564. The van der Waals surface area contributed by atoms with Crippen LogP contribution in [0.1, 0.15) is 51.7 Å². The van der Waals surface area contributed by atoms with Gasteiger partial charge in [-0.1, -0.05) is 19.1 Å². The molecule has 0 radical (unpaired) electrons. The second kappa shape index (κ2) is 14.4. The molecule has 2 aromatic carbocycles. The summed E-state index contributed by atoms with van der Waals surface area (Å²) in [7, 11) is -4.39. The Morgan fingerprint density at radius 3 is 2.50 bits per heavy atom. The van der Waals surface area contributed by atoms with Crippen LogP contribution in [0.25, 0.3) is 22.0 Å². The maximum absolute atomic E-state index is 15.1. The third-order valence-corrected chi connectivity index (χ3v) is 9.59. The van der Waals surface area contributed by atoms with E-state index < -0.39 is 63.4 Å². The summed E-state index contributed by atoms with van der Waals surface area (Å²) in [5.74, 6) is -6.05. The number of aromatic nitrogens is 3. The van der Waals surface area contributed by atoms with E-state index in [1.807, 2.05) is 0 Å². The molecule has 15 heteroatoms. The SMILES string of the molecule is CCC(F)(F)CS(=O)(=O)Cc1c(F)ccc2c(Oc3ncccc3-c3ccnc(N[C@H]4C[C@H](F)CN(C(=O)OC(C)(C)C)C4)n3)c(C)ccc12. The number of fused-ring (bicyclic) bond motifs is 1. The maximum Gasteiger partial charge on any atom is 0.410 e. The van der Waals surface area contributed by atoms with Gasteiger partial charge in [0.1, 0.15) is 29.1 Å². The molecule has 1 saturated heterocycles. The number of benzene rings is 2. The number of sulfone groups is 1. The van der Waals surface area contributed by atoms with Gasteiger partial charge in [0.15, 0.2) is 9.84 Å². The molecular weight excluding hydrogens is 678 g/mol. The van der Waals surface area contributed by atoms with Gasteiger partial charge in [-0.15, -0.1) is 0 Å². The van der Waals surface area contributed by atoms with Gasteiger partial charge in [-0.2, -0.15) is 0 Å². The Balaban J connectivity index is 1.42. The lowest BCUT2D eigenvalue weighted by molar-refractivity contribution is 0.0123. The highest BCUT2D eigenvalue weighted by molar-refractivity contribution is 7.90. The van der Waals surface area contributed by atoms with Crippen molar-refractivity contribution < 1.29 is 40.2 Å². The van der Waals surface area contributed by atoms with Crippen molar-refractivity contribution >= 4 is 32.7 Å². The maximum atomic E-state index is 15.1. The van der Waals surface area contributed by atoms with Gasteiger partial charge in [-0.25, -0.2) is 45.7 Å². The first-order valence-corrected chi connectivity index (χ1v) is 17.9. The molecule has 2 aromatic heterocycles. The van der Waals surface area contributed by atoms with Gasteiger partial charge in [0.2, 0.25) is 11.8 Å². The van der Waals surface area contributed by atoms with E-state index in [1.165, 1.54) is 36.4 Å². The van der Waals surface area contributed by atoms with E-state index >= 15 is 4.39 Å². The molecule has 50 heavy (non-hydrogen) atoms. The van der Waals surface area contributed by atoms with Crippen LogP contribution in [0.5, 0.6) is 11.6 Å². The Kier molecular flexibility index (Phi) is 10.6. The fourth-order valence-corrected chi connectivity index (χ4v) is 7.32. The van der Waals surface area contributed by atoms with E-state index in [0.717, 1.165) is 6.07 Å². The first kappa shape index (κ1) is 36.7. The van der Waals surface area contributed by atoms with E-state index in [-0.39, 0.29) is 48.0 Å². The molecule has 0 bridgehead atoms. The van der Waals surface area contributed by atoms with Crippen LogP contribution in [-0.4, -0.2) is 76.9 Å². The number of alkyl halides is 3. The van der Waals surface area contributed by atoms with Crippen molar-refractivity contribution in [2.24, 2.45) is 0 Å². The zero-order valence-electron chi connectivity index (χ0n) is 28.3. The highest BCUT2D eigenvalue weighted by Crippen LogP contribution is 2.39. The number of rotatable bonds is 10. The number of aryl methyl sites for hydroxylation is 1. The highest BCUT2D eigenvalue weighted by Gasteiger charge is 2.35. The van der Waals surface area contributed by atoms with E-state index in [9.17, 15) is 26.4 Å². The van der Waals surface area contributed by atoms with E-state index in [4.69, 9.17) is 9.47 Å². The lowest BCUT2D eigenvalue weighted by atomic mass is 10.0. The minimum atomic E-state index is -4.39. The average Bonchev–Trinajstić information content (AvgIpc) is 3.02. The zero-order valence-corrected chi connectivity index (χ0v) is 29.2. The Labute approximate surface area is 288 Å². The van der Waals surface area contributed by atoms with Crippen LogP contribution in [0.4, 0.5) is 28.3 Å². The Hall–Kier alpha value is -4.53. The van der Waals surface area contributed by atoms with Gasteiger partial charge in [0.05, 0.1) is 23.6 Å². The summed E-state index contributed by atoms with van der Waals surface area (Å²) in [4.78, 5) is 27.2. The monoisotopic (exact) mass is 717 g/mol. The first-order valence-electron chi connectivity index (χ1n) is 16.1. The van der Waals surface area contributed by atoms with Crippen molar-refractivity contribution in [1.29, 1.82) is 0 Å². The fourth-order valence-electron chi connectivity index (χ4n) is 5.64. The van der Waals surface area contributed by atoms with Gasteiger partial charge in [-0.05, 0) is 69.0 Å². The summed E-state index contributed by atoms with van der Waals surface area (Å²) in [5, 5.41) is 3.66. The number of hydrogen-bond donors (Lipinski definition) is 1. The molecule has 2 atom stereocenters. The number of likely N-dealkylation sites (tertiary alicyclic amines) is 1. The van der Waals surface area contributed by atoms with Crippen LogP contribution >= 0.6 is 0 Å². The number of pyridine rings is 1. The van der Waals surface area contributed by atoms with Gasteiger partial charge in [0.25, 0.3) is 5.92 Å². The predicted molar refractivity (Wildman–Crippen MR) is 181 cm³/mol. The molecule has 1 fully saturated rings. The van der Waals surface area contributed by atoms with Crippen molar-refractivity contribution in [3.63, 3.8) is 0 Å². The lowest BCUT2D eigenvalue weighted by Gasteiger charge is -2.36. The quantitative estimate of drug-likeness (QED) is 0.165. The molecule has 1 aliphatic rings. The average molecular weight is 718 g/mol. The Bertz CT molecular complexity index is 1990. The van der Waals surface area contributed by atoms with Crippen molar-refractivity contribution in [1.82, 2.24) is 19.9 Å². The summed E-state index contributed by atoms with van der Waals surface area (Å²) in [6, 6.07) is 10.2. The molecule has 10 nitrogen and oxygen atoms in total. The number of nitrogens with one attached hydrogen (secondary N) is 1. The molecular formula is C35H39F4N5O5S. The van der Waals surface area contributed by atoms with Crippen LogP contribution in [0.15, 0.2) is 54.9 Å². The topological polar surface area (TPSA) is 124 Å². The molecule has 1 N–H and O–H groups in total. The van der Waals surface area contributed by atoms with Crippen LogP contribution in [-0.2, 0) is 20.3 Å². The molecule has 0 aliphatic carbocycles. The van der Waals surface area contributed by atoms with Crippen molar-refractivity contribution in [3.05, 3.63) is 71.8 Å². The van der Waals surface area contributed by atoms with Crippen LogP contribution < -0.4 is 10.1 Å². The molecule has 3 heterocycles. The summed E-state index contributed by atoms with van der Waals surface area (Å²) >= 11 is 0. The van der Waals surface area contributed by atoms with Crippen LogP contribution in [0, 0.1) is 12.7 Å². The summed E-state index contributed by atoms with van der Waals surface area (Å²) in [6.45, 7) is 8.23. The number of nitrogens with zero attached hydrogens (tertiary/aromatic N) is 4. The number of amides is 1. The number of carbonyl (C=O) groups is 1. The van der Waals surface area contributed by atoms with Crippen LogP contribution in [0.3, 0.4) is 0 Å². The third-order valence-electron chi connectivity index (χ3n) is 8.00. The predicted octanol–water partition coefficient (Wildman–Crippen LogP) is 7.65. The highest BCUT2D eigenvalue weighted by atomic mass is 32.2. The number of halogens is 4. The second-order valence-electron chi connectivity index (χ2n) is 13.4. The molecule has 1 amide bonds. The Morgan fingerprint density at radius 2 is 1.78 bits per heavy atom. The molecule has 1 aliphatic heterocycles. The van der Waals surface area contributed by atoms with Crippen molar-refractivity contribution in [2.75, 3.05) is 24.2 Å². The number of carbonyl (C=O) groups excluding carboxylic acids is 1. The molecule has 0 saturated carbocycles. The van der Waals surface area contributed by atoms with E-state index in [1.54, 1.807) is 52.0 Å². The van der Waals surface area contributed by atoms with Crippen molar-refractivity contribution in [2.45, 2.75) is 77.0 Å². The standard InChI is InChI=1S/C35H39F4N5O5S/c1-6-35(38,39)20-50(46,47)19-27-24-10-9-21(2)30(25(24)11-12-28(27)37)48-31-26(8-7-14-40-31)29-13-15-41-32(43-29)42-23-16-22(36)17-44(18-23)33(45)49-34(3,4)5/h7-15,22-23H,6,16-20H2,1-5H3,(H,41,42,43)/t22-,23-/m0/s1. The molecule has 0 unspecified atom stereocenters. The number of anilines is 1. The molecule has 0 spiro atoms. The van der Waals surface area contributed by atoms with Crippen molar-refractivity contribution in [3.8, 4) is 22.9 Å². The first-order chi connectivity index (χ1) is 23.4. The minimum Gasteiger partial charge on any atom is -0.444 e. The number of hydrogen-bond acceptors (Lipinski definition) is 9. The summed E-state index contributed by atoms with van der Waals surface area (Å²) < 4.78 is 95.0. The van der Waals surface area contributed by atoms with E-state index in [2.05, 4.69) is 20.3 Å². The molecule has 268 valence electrons. The minimum absolute atomic E-state index is 0.0866. The number of piperidine rings is 1. The molecule has 5 rings (SSSR count). The lowest BCUT2D eigenvalue weighted by Crippen LogP contribution is -2.51.